The second-order valence-electron chi connectivity index (χ2n) is 5.57. The molecule has 2 heterocycles. The van der Waals surface area contributed by atoms with Crippen molar-refractivity contribution in [3.63, 3.8) is 0 Å². The van der Waals surface area contributed by atoms with Crippen LogP contribution in [0.15, 0.2) is 42.7 Å². The quantitative estimate of drug-likeness (QED) is 0.527. The normalized spacial score (nSPS) is 10.9. The minimum atomic E-state index is 0.642. The summed E-state index contributed by atoms with van der Waals surface area (Å²) in [6, 6.07) is 10.2. The topological polar surface area (TPSA) is 74.9 Å². The zero-order chi connectivity index (χ0) is 16.6. The largest absolute Gasteiger partial charge is 0.385 e. The minimum absolute atomic E-state index is 0.642. The number of benzene rings is 1. The molecule has 0 saturated carbocycles. The van der Waals surface area contributed by atoms with Crippen LogP contribution in [0.4, 0.5) is 11.8 Å². The van der Waals surface area contributed by atoms with Crippen LogP contribution in [0.3, 0.4) is 0 Å². The van der Waals surface area contributed by atoms with E-state index in [0.29, 0.717) is 5.95 Å². The molecule has 126 valence electrons. The van der Waals surface area contributed by atoms with Crippen LogP contribution in [0.1, 0.15) is 12.0 Å². The van der Waals surface area contributed by atoms with Crippen LogP contribution in [-0.4, -0.2) is 41.8 Å². The van der Waals surface area contributed by atoms with E-state index in [2.05, 4.69) is 50.0 Å². The predicted octanol–water partition coefficient (Wildman–Crippen LogP) is 3.06. The maximum Gasteiger partial charge on any atom is 0.224 e. The highest BCUT2D eigenvalue weighted by molar-refractivity contribution is 5.83. The lowest BCUT2D eigenvalue weighted by Crippen LogP contribution is -2.10. The van der Waals surface area contributed by atoms with Crippen molar-refractivity contribution < 1.29 is 4.74 Å². The molecule has 0 aliphatic carbocycles. The number of ether oxygens (including phenoxy) is 1. The van der Waals surface area contributed by atoms with E-state index >= 15 is 0 Å². The minimum Gasteiger partial charge on any atom is -0.385 e. The van der Waals surface area contributed by atoms with Gasteiger partial charge in [-0.3, -0.25) is 0 Å². The van der Waals surface area contributed by atoms with Crippen molar-refractivity contribution in [2.24, 2.45) is 0 Å². The molecule has 0 bridgehead atoms. The Kier molecular flexibility index (Phi) is 5.63. The summed E-state index contributed by atoms with van der Waals surface area (Å²) in [6.45, 7) is 2.35. The van der Waals surface area contributed by atoms with Crippen molar-refractivity contribution in [1.29, 1.82) is 0 Å². The zero-order valence-corrected chi connectivity index (χ0v) is 13.9. The summed E-state index contributed by atoms with van der Waals surface area (Å²) in [4.78, 5) is 12.0. The van der Waals surface area contributed by atoms with Crippen LogP contribution < -0.4 is 10.6 Å². The number of para-hydroxylation sites is 1. The van der Waals surface area contributed by atoms with Gasteiger partial charge in [0.2, 0.25) is 5.95 Å². The van der Waals surface area contributed by atoms with Gasteiger partial charge in [0.1, 0.15) is 5.82 Å². The average Bonchev–Trinajstić information content (AvgIpc) is 3.03. The van der Waals surface area contributed by atoms with Crippen molar-refractivity contribution in [1.82, 2.24) is 15.0 Å². The van der Waals surface area contributed by atoms with Crippen molar-refractivity contribution in [2.45, 2.75) is 12.8 Å². The first-order chi connectivity index (χ1) is 11.9. The first kappa shape index (κ1) is 16.3. The molecule has 0 saturated heterocycles. The van der Waals surface area contributed by atoms with E-state index < -0.39 is 0 Å². The molecule has 6 heteroatoms. The monoisotopic (exact) mass is 325 g/mol. The number of fused-ring (bicyclic) bond motifs is 1. The van der Waals surface area contributed by atoms with Crippen molar-refractivity contribution >= 4 is 22.7 Å². The van der Waals surface area contributed by atoms with Gasteiger partial charge in [0.25, 0.3) is 0 Å². The fourth-order valence-corrected chi connectivity index (χ4v) is 2.62. The van der Waals surface area contributed by atoms with Gasteiger partial charge in [-0.05, 0) is 30.5 Å². The van der Waals surface area contributed by atoms with Gasteiger partial charge < -0.3 is 20.4 Å². The van der Waals surface area contributed by atoms with Gasteiger partial charge >= 0.3 is 0 Å². The van der Waals surface area contributed by atoms with Crippen LogP contribution in [0.25, 0.3) is 10.9 Å². The van der Waals surface area contributed by atoms with E-state index in [1.807, 2.05) is 12.1 Å². The molecule has 24 heavy (non-hydrogen) atoms. The number of rotatable bonds is 9. The molecule has 3 N–H and O–H groups in total. The molecule has 0 aliphatic rings. The van der Waals surface area contributed by atoms with Gasteiger partial charge in [0, 0.05) is 50.1 Å². The van der Waals surface area contributed by atoms with E-state index in [-0.39, 0.29) is 0 Å². The Morgan fingerprint density at radius 3 is 2.96 bits per heavy atom. The zero-order valence-electron chi connectivity index (χ0n) is 13.9. The molecular weight excluding hydrogens is 302 g/mol. The number of methoxy groups -OCH3 is 1. The molecule has 3 rings (SSSR count). The first-order valence-electron chi connectivity index (χ1n) is 8.21. The van der Waals surface area contributed by atoms with Crippen molar-refractivity contribution in [2.75, 3.05) is 37.4 Å². The number of hydrogen-bond donors (Lipinski definition) is 3. The van der Waals surface area contributed by atoms with Gasteiger partial charge in [-0.1, -0.05) is 18.2 Å². The summed E-state index contributed by atoms with van der Waals surface area (Å²) >= 11 is 0. The maximum absolute atomic E-state index is 5.03. The molecule has 6 nitrogen and oxygen atoms in total. The SMILES string of the molecule is COCCCNc1nccc(NCCc2c[nH]c3ccccc23)n1. The van der Waals surface area contributed by atoms with Gasteiger partial charge in [-0.2, -0.15) is 4.98 Å². The highest BCUT2D eigenvalue weighted by Gasteiger charge is 2.03. The Bertz CT molecular complexity index is 771. The highest BCUT2D eigenvalue weighted by Crippen LogP contribution is 2.18. The Balaban J connectivity index is 1.51. The van der Waals surface area contributed by atoms with Gasteiger partial charge in [-0.25, -0.2) is 4.98 Å². The van der Waals surface area contributed by atoms with Crippen LogP contribution in [0.5, 0.6) is 0 Å². The smallest absolute Gasteiger partial charge is 0.224 e. The third-order valence-corrected chi connectivity index (χ3v) is 3.84. The summed E-state index contributed by atoms with van der Waals surface area (Å²) in [5.74, 6) is 1.47. The second-order valence-corrected chi connectivity index (χ2v) is 5.57. The second kappa shape index (κ2) is 8.31. The highest BCUT2D eigenvalue weighted by atomic mass is 16.5. The summed E-state index contributed by atoms with van der Waals surface area (Å²) in [5, 5.41) is 7.84. The fraction of sp³-hybridized carbons (Fsp3) is 0.333. The standard InChI is InChI=1S/C18H23N5O/c1-24-12-4-9-20-18-21-11-8-17(23-18)19-10-7-14-13-22-16-6-3-2-5-15(14)16/h2-3,5-6,8,11,13,22H,4,7,9-10,12H2,1H3,(H2,19,20,21,23). The van der Waals surface area contributed by atoms with E-state index in [0.717, 1.165) is 38.4 Å². The molecule has 1 aromatic carbocycles. The number of aromatic amines is 1. The average molecular weight is 325 g/mol. The Morgan fingerprint density at radius 2 is 2.04 bits per heavy atom. The Labute approximate surface area is 141 Å². The molecule has 0 aliphatic heterocycles. The van der Waals surface area contributed by atoms with Crippen LogP contribution in [0, 0.1) is 0 Å². The van der Waals surface area contributed by atoms with Crippen LogP contribution in [-0.2, 0) is 11.2 Å². The van der Waals surface area contributed by atoms with E-state index in [1.165, 1.54) is 16.5 Å². The molecule has 0 radical (unpaired) electrons. The number of hydrogen-bond acceptors (Lipinski definition) is 5. The molecule has 0 atom stereocenters. The third-order valence-electron chi connectivity index (χ3n) is 3.84. The lowest BCUT2D eigenvalue weighted by atomic mass is 10.1. The van der Waals surface area contributed by atoms with Crippen LogP contribution >= 0.6 is 0 Å². The van der Waals surface area contributed by atoms with Gasteiger partial charge in [-0.15, -0.1) is 0 Å². The molecule has 0 unspecified atom stereocenters. The van der Waals surface area contributed by atoms with Crippen LogP contribution in [0.2, 0.25) is 0 Å². The molecule has 2 aromatic heterocycles. The van der Waals surface area contributed by atoms with Gasteiger partial charge in [0.15, 0.2) is 0 Å². The fourth-order valence-electron chi connectivity index (χ4n) is 2.62. The number of nitrogens with zero attached hydrogens (tertiary/aromatic N) is 2. The number of aromatic nitrogens is 3. The number of nitrogens with one attached hydrogen (secondary N) is 3. The number of H-pyrrole nitrogens is 1. The first-order valence-corrected chi connectivity index (χ1v) is 8.21. The lowest BCUT2D eigenvalue weighted by Gasteiger charge is -2.08. The molecular formula is C18H23N5O. The summed E-state index contributed by atoms with van der Waals surface area (Å²) < 4.78 is 5.03. The predicted molar refractivity (Wildman–Crippen MR) is 97.5 cm³/mol. The maximum atomic E-state index is 5.03. The van der Waals surface area contributed by atoms with E-state index in [1.54, 1.807) is 13.3 Å². The van der Waals surface area contributed by atoms with Crippen molar-refractivity contribution in [3.8, 4) is 0 Å². The molecule has 3 aromatic rings. The number of anilines is 2. The summed E-state index contributed by atoms with van der Waals surface area (Å²) in [7, 11) is 1.70. The molecule has 0 spiro atoms. The summed E-state index contributed by atoms with van der Waals surface area (Å²) in [5.41, 5.74) is 2.49. The summed E-state index contributed by atoms with van der Waals surface area (Å²) in [6.07, 6.45) is 5.71. The van der Waals surface area contributed by atoms with E-state index in [4.69, 9.17) is 4.74 Å². The van der Waals surface area contributed by atoms with Crippen molar-refractivity contribution in [3.05, 3.63) is 48.3 Å². The van der Waals surface area contributed by atoms with E-state index in [9.17, 15) is 0 Å². The molecule has 0 amide bonds. The molecule has 0 fully saturated rings. The third kappa shape index (κ3) is 4.23. The van der Waals surface area contributed by atoms with Gasteiger partial charge in [0.05, 0.1) is 0 Å². The Morgan fingerprint density at radius 1 is 1.12 bits per heavy atom. The Hall–Kier alpha value is -2.60. The lowest BCUT2D eigenvalue weighted by molar-refractivity contribution is 0.197.